The summed E-state index contributed by atoms with van der Waals surface area (Å²) < 4.78 is 5.48. The molecule has 2 aliphatic carbocycles. The van der Waals surface area contributed by atoms with Gasteiger partial charge in [-0.25, -0.2) is 0 Å². The van der Waals surface area contributed by atoms with E-state index in [1.165, 1.54) is 0 Å². The Balaban J connectivity index is 2.29. The van der Waals surface area contributed by atoms with Crippen LogP contribution in [0.5, 0.6) is 0 Å². The number of ether oxygens (including phenoxy) is 1. The number of carbonyl (C=O) groups excluding carboxylic acids is 1. The van der Waals surface area contributed by atoms with E-state index < -0.39 is 0 Å². The molecule has 0 N–H and O–H groups in total. The second-order valence-electron chi connectivity index (χ2n) is 4.58. The fraction of sp³-hybridized carbons (Fsp3) is 0.900. The van der Waals surface area contributed by atoms with Crippen LogP contribution in [0.3, 0.4) is 0 Å². The Morgan fingerprint density at radius 1 is 1.42 bits per heavy atom. The molecule has 2 nitrogen and oxygen atoms in total. The molecule has 0 aromatic heterocycles. The number of carbonyl (C=O) groups is 1. The van der Waals surface area contributed by atoms with Crippen molar-refractivity contribution < 1.29 is 9.53 Å². The number of hydrogen-bond donors (Lipinski definition) is 0. The molecule has 0 heterocycles. The van der Waals surface area contributed by atoms with Crippen LogP contribution in [0.2, 0.25) is 0 Å². The molecule has 68 valence electrons. The Morgan fingerprint density at radius 3 is 2.75 bits per heavy atom. The zero-order chi connectivity index (χ0) is 8.82. The first kappa shape index (κ1) is 8.24. The van der Waals surface area contributed by atoms with Crippen molar-refractivity contribution in [2.24, 2.45) is 5.41 Å². The molecular formula is C10H16O2. The number of fused-ring (bicyclic) bond motifs is 2. The maximum absolute atomic E-state index is 11.7. The first-order valence-corrected chi connectivity index (χ1v) is 4.69. The van der Waals surface area contributed by atoms with Gasteiger partial charge in [0.25, 0.3) is 0 Å². The molecule has 0 aromatic carbocycles. The molecule has 2 heteroatoms. The maximum atomic E-state index is 11.7. The van der Waals surface area contributed by atoms with Crippen LogP contribution in [0.1, 0.15) is 39.0 Å². The van der Waals surface area contributed by atoms with Crippen molar-refractivity contribution in [3.63, 3.8) is 0 Å². The van der Waals surface area contributed by atoms with E-state index in [4.69, 9.17) is 4.74 Å². The van der Waals surface area contributed by atoms with E-state index in [1.54, 1.807) is 7.11 Å². The van der Waals surface area contributed by atoms with Gasteiger partial charge in [-0.1, -0.05) is 6.92 Å². The van der Waals surface area contributed by atoms with Crippen LogP contribution in [0, 0.1) is 5.41 Å². The van der Waals surface area contributed by atoms with Crippen LogP contribution in [-0.2, 0) is 9.53 Å². The van der Waals surface area contributed by atoms with Gasteiger partial charge in [-0.05, 0) is 25.7 Å². The topological polar surface area (TPSA) is 26.3 Å². The molecule has 2 rings (SSSR count). The molecule has 0 saturated heterocycles. The summed E-state index contributed by atoms with van der Waals surface area (Å²) in [5.41, 5.74) is -0.127. The van der Waals surface area contributed by atoms with Crippen molar-refractivity contribution >= 4 is 5.78 Å². The van der Waals surface area contributed by atoms with Gasteiger partial charge in [0.1, 0.15) is 5.78 Å². The minimum Gasteiger partial charge on any atom is -0.378 e. The van der Waals surface area contributed by atoms with Crippen LogP contribution < -0.4 is 0 Å². The van der Waals surface area contributed by atoms with Gasteiger partial charge in [0.05, 0.1) is 5.60 Å². The van der Waals surface area contributed by atoms with E-state index in [9.17, 15) is 4.79 Å². The summed E-state index contributed by atoms with van der Waals surface area (Å²) in [7, 11) is 1.74. The average Bonchev–Trinajstić information content (AvgIpc) is 2.20. The minimum atomic E-state index is -0.0793. The molecule has 0 radical (unpaired) electrons. The van der Waals surface area contributed by atoms with Gasteiger partial charge in [0.2, 0.25) is 0 Å². The Labute approximate surface area is 73.3 Å². The van der Waals surface area contributed by atoms with Gasteiger partial charge < -0.3 is 4.74 Å². The normalized spacial score (nSPS) is 46.7. The summed E-state index contributed by atoms with van der Waals surface area (Å²) in [6.07, 6.45) is 4.90. The second-order valence-corrected chi connectivity index (χ2v) is 4.58. The highest BCUT2D eigenvalue weighted by atomic mass is 16.5. The number of ketones is 1. The molecule has 0 aromatic rings. The summed E-state index contributed by atoms with van der Waals surface area (Å²) in [6, 6.07) is 0. The number of Topliss-reactive ketones (excluding diaryl/α,β-unsaturated/α-hetero) is 1. The molecular weight excluding hydrogens is 152 g/mol. The predicted molar refractivity (Wildman–Crippen MR) is 45.9 cm³/mol. The van der Waals surface area contributed by atoms with Gasteiger partial charge in [0, 0.05) is 18.9 Å². The van der Waals surface area contributed by atoms with Crippen LogP contribution >= 0.6 is 0 Å². The number of methoxy groups -OCH3 is 1. The van der Waals surface area contributed by atoms with Crippen LogP contribution in [0.4, 0.5) is 0 Å². The van der Waals surface area contributed by atoms with Crippen molar-refractivity contribution in [1.29, 1.82) is 0 Å². The van der Waals surface area contributed by atoms with Crippen LogP contribution in [-0.4, -0.2) is 18.5 Å². The lowest BCUT2D eigenvalue weighted by atomic mass is 9.75. The van der Waals surface area contributed by atoms with Crippen molar-refractivity contribution in [3.05, 3.63) is 0 Å². The van der Waals surface area contributed by atoms with E-state index in [0.717, 1.165) is 25.7 Å². The quantitative estimate of drug-likeness (QED) is 0.598. The minimum absolute atomic E-state index is 0.0474. The molecule has 12 heavy (non-hydrogen) atoms. The zero-order valence-electron chi connectivity index (χ0n) is 7.85. The Kier molecular flexibility index (Phi) is 1.59. The van der Waals surface area contributed by atoms with Gasteiger partial charge in [-0.2, -0.15) is 0 Å². The summed E-state index contributed by atoms with van der Waals surface area (Å²) in [6.45, 7) is 2.09. The molecule has 2 aliphatic rings. The number of rotatable bonds is 1. The molecule has 2 atom stereocenters. The Bertz CT molecular complexity index is 224. The lowest BCUT2D eigenvalue weighted by Gasteiger charge is -2.34. The fourth-order valence-corrected chi connectivity index (χ4v) is 2.83. The molecule has 2 unspecified atom stereocenters. The van der Waals surface area contributed by atoms with E-state index >= 15 is 0 Å². The molecule has 0 aliphatic heterocycles. The van der Waals surface area contributed by atoms with Crippen LogP contribution in [0.25, 0.3) is 0 Å². The van der Waals surface area contributed by atoms with Gasteiger partial charge in [0.15, 0.2) is 0 Å². The van der Waals surface area contributed by atoms with Crippen molar-refractivity contribution in [3.8, 4) is 0 Å². The van der Waals surface area contributed by atoms with E-state index in [-0.39, 0.29) is 11.0 Å². The van der Waals surface area contributed by atoms with Gasteiger partial charge in [-0.3, -0.25) is 4.79 Å². The summed E-state index contributed by atoms with van der Waals surface area (Å²) in [5.74, 6) is 0.418. The first-order chi connectivity index (χ1) is 5.60. The lowest BCUT2D eigenvalue weighted by molar-refractivity contribution is -0.125. The average molecular weight is 168 g/mol. The Morgan fingerprint density at radius 2 is 2.17 bits per heavy atom. The highest BCUT2D eigenvalue weighted by Gasteiger charge is 2.54. The first-order valence-electron chi connectivity index (χ1n) is 4.69. The fourth-order valence-electron chi connectivity index (χ4n) is 2.83. The Hall–Kier alpha value is -0.370. The predicted octanol–water partition coefficient (Wildman–Crippen LogP) is 1.92. The third-order valence-electron chi connectivity index (χ3n) is 3.66. The standard InChI is InChI=1S/C10H16O2/c1-9-4-3-5-10(7-9,12-2)6-8(9)11/h3-7H2,1-2H3. The zero-order valence-corrected chi connectivity index (χ0v) is 7.85. The summed E-state index contributed by atoms with van der Waals surface area (Å²) in [4.78, 5) is 11.7. The van der Waals surface area contributed by atoms with E-state index in [2.05, 4.69) is 6.92 Å². The van der Waals surface area contributed by atoms with Crippen molar-refractivity contribution in [1.82, 2.24) is 0 Å². The highest BCUT2D eigenvalue weighted by molar-refractivity contribution is 5.88. The molecule has 2 saturated carbocycles. The SMILES string of the molecule is COC12CCCC(C)(C1)C(=O)C2. The third kappa shape index (κ3) is 0.939. The van der Waals surface area contributed by atoms with E-state index in [0.29, 0.717) is 12.2 Å². The van der Waals surface area contributed by atoms with E-state index in [1.807, 2.05) is 0 Å². The summed E-state index contributed by atoms with van der Waals surface area (Å²) in [5, 5.41) is 0. The molecule has 0 spiro atoms. The summed E-state index contributed by atoms with van der Waals surface area (Å²) >= 11 is 0. The smallest absolute Gasteiger partial charge is 0.141 e. The third-order valence-corrected chi connectivity index (χ3v) is 3.66. The van der Waals surface area contributed by atoms with Crippen LogP contribution in [0.15, 0.2) is 0 Å². The second kappa shape index (κ2) is 2.32. The maximum Gasteiger partial charge on any atom is 0.141 e. The lowest BCUT2D eigenvalue weighted by Crippen LogP contribution is -2.33. The number of hydrogen-bond acceptors (Lipinski definition) is 2. The largest absolute Gasteiger partial charge is 0.378 e. The molecule has 2 fully saturated rings. The van der Waals surface area contributed by atoms with Crippen molar-refractivity contribution in [2.75, 3.05) is 7.11 Å². The monoisotopic (exact) mass is 168 g/mol. The highest BCUT2D eigenvalue weighted by Crippen LogP contribution is 2.52. The van der Waals surface area contributed by atoms with Crippen molar-refractivity contribution in [2.45, 2.75) is 44.6 Å². The van der Waals surface area contributed by atoms with Gasteiger partial charge >= 0.3 is 0 Å². The van der Waals surface area contributed by atoms with Gasteiger partial charge in [-0.15, -0.1) is 0 Å². The molecule has 0 amide bonds. The molecule has 2 bridgehead atoms.